The highest BCUT2D eigenvalue weighted by molar-refractivity contribution is 5.85. The van der Waals surface area contributed by atoms with Gasteiger partial charge in [0.25, 0.3) is 0 Å². The number of carbonyl (C=O) groups is 2. The Morgan fingerprint density at radius 1 is 1.05 bits per heavy atom. The first-order valence-corrected chi connectivity index (χ1v) is 8.37. The van der Waals surface area contributed by atoms with Gasteiger partial charge < -0.3 is 5.32 Å². The maximum absolute atomic E-state index is 11.9. The summed E-state index contributed by atoms with van der Waals surface area (Å²) >= 11 is 0. The maximum Gasteiger partial charge on any atom is 0.220 e. The molecule has 0 atom stereocenters. The molecular weight excluding hydrogens is 250 g/mol. The van der Waals surface area contributed by atoms with Gasteiger partial charge in [0.1, 0.15) is 0 Å². The Morgan fingerprint density at radius 2 is 1.60 bits per heavy atom. The van der Waals surface area contributed by atoms with Crippen molar-refractivity contribution in [2.45, 2.75) is 64.7 Å². The van der Waals surface area contributed by atoms with Crippen molar-refractivity contribution < 1.29 is 9.59 Å². The van der Waals surface area contributed by atoms with Crippen molar-refractivity contribution in [3.8, 4) is 0 Å². The Kier molecular flexibility index (Phi) is 3.87. The van der Waals surface area contributed by atoms with Gasteiger partial charge in [-0.15, -0.1) is 0 Å². The molecule has 0 aromatic heterocycles. The van der Waals surface area contributed by atoms with Crippen LogP contribution in [0.4, 0.5) is 0 Å². The van der Waals surface area contributed by atoms with Crippen LogP contribution in [-0.2, 0) is 9.59 Å². The summed E-state index contributed by atoms with van der Waals surface area (Å²) in [7, 11) is 0. The number of hydrogen-bond acceptors (Lipinski definition) is 2. The summed E-state index contributed by atoms with van der Waals surface area (Å²) in [5, 5.41) is 2.70. The zero-order valence-corrected chi connectivity index (χ0v) is 12.6. The lowest BCUT2D eigenvalue weighted by molar-refractivity contribution is -0.125. The molecule has 3 heteroatoms. The first kappa shape index (κ1) is 14.1. The molecule has 4 aliphatic rings. The highest BCUT2D eigenvalue weighted by atomic mass is 16.2. The molecule has 4 saturated carbocycles. The second kappa shape index (κ2) is 5.50. The van der Waals surface area contributed by atoms with Crippen LogP contribution in [0.1, 0.15) is 64.7 Å². The molecule has 20 heavy (non-hydrogen) atoms. The van der Waals surface area contributed by atoms with Gasteiger partial charge in [0.05, 0.1) is 6.54 Å². The molecular formula is C17H27NO2. The summed E-state index contributed by atoms with van der Waals surface area (Å²) in [5.74, 6) is 3.05. The van der Waals surface area contributed by atoms with Gasteiger partial charge in [-0.05, 0) is 68.1 Å². The minimum absolute atomic E-state index is 0.0202. The van der Waals surface area contributed by atoms with E-state index in [4.69, 9.17) is 0 Å². The minimum Gasteiger partial charge on any atom is -0.349 e. The predicted octanol–water partition coefficient (Wildman–Crippen LogP) is 3.08. The summed E-state index contributed by atoms with van der Waals surface area (Å²) in [6, 6.07) is 0. The SMILES string of the molecule is CCC(=O)NCC(=O)CCC12CC3CC(CC(C3)C1)C2. The van der Waals surface area contributed by atoms with Gasteiger partial charge in [-0.3, -0.25) is 9.59 Å². The molecule has 4 bridgehead atoms. The Hall–Kier alpha value is -0.860. The van der Waals surface area contributed by atoms with Crippen molar-refractivity contribution in [2.24, 2.45) is 23.2 Å². The zero-order valence-electron chi connectivity index (χ0n) is 12.6. The third-order valence-electron chi connectivity index (χ3n) is 5.90. The number of Topliss-reactive ketones (excluding diaryl/α,β-unsaturated/α-hetero) is 1. The molecule has 0 spiro atoms. The smallest absolute Gasteiger partial charge is 0.220 e. The third-order valence-corrected chi connectivity index (χ3v) is 5.90. The van der Waals surface area contributed by atoms with Crippen molar-refractivity contribution in [2.75, 3.05) is 6.54 Å². The van der Waals surface area contributed by atoms with Crippen molar-refractivity contribution in [3.63, 3.8) is 0 Å². The molecule has 4 aliphatic carbocycles. The van der Waals surface area contributed by atoms with E-state index in [0.29, 0.717) is 18.3 Å². The number of hydrogen-bond donors (Lipinski definition) is 1. The normalized spacial score (nSPS) is 38.0. The lowest BCUT2D eigenvalue weighted by Crippen LogP contribution is -2.46. The molecule has 0 saturated heterocycles. The Morgan fingerprint density at radius 3 is 2.10 bits per heavy atom. The molecule has 0 unspecified atom stereocenters. The van der Waals surface area contributed by atoms with E-state index in [1.54, 1.807) is 0 Å². The van der Waals surface area contributed by atoms with Crippen LogP contribution in [0.5, 0.6) is 0 Å². The van der Waals surface area contributed by atoms with E-state index in [0.717, 1.165) is 24.2 Å². The number of ketones is 1. The van der Waals surface area contributed by atoms with Crippen molar-refractivity contribution in [1.82, 2.24) is 5.32 Å². The van der Waals surface area contributed by atoms with E-state index in [9.17, 15) is 9.59 Å². The fourth-order valence-corrected chi connectivity index (χ4v) is 5.41. The van der Waals surface area contributed by atoms with Crippen LogP contribution < -0.4 is 5.32 Å². The highest BCUT2D eigenvalue weighted by Crippen LogP contribution is 2.61. The van der Waals surface area contributed by atoms with Gasteiger partial charge in [-0.1, -0.05) is 6.92 Å². The molecule has 1 amide bonds. The Labute approximate surface area is 121 Å². The van der Waals surface area contributed by atoms with E-state index < -0.39 is 0 Å². The lowest BCUT2D eigenvalue weighted by atomic mass is 9.48. The molecule has 0 aromatic carbocycles. The van der Waals surface area contributed by atoms with Crippen LogP contribution in [0.15, 0.2) is 0 Å². The number of amides is 1. The van der Waals surface area contributed by atoms with E-state index >= 15 is 0 Å². The van der Waals surface area contributed by atoms with Gasteiger partial charge in [0.15, 0.2) is 5.78 Å². The molecule has 0 aliphatic heterocycles. The van der Waals surface area contributed by atoms with Gasteiger partial charge in [-0.2, -0.15) is 0 Å². The molecule has 4 rings (SSSR count). The van der Waals surface area contributed by atoms with E-state index in [1.807, 2.05) is 6.92 Å². The monoisotopic (exact) mass is 277 g/mol. The van der Waals surface area contributed by atoms with Crippen LogP contribution in [0.25, 0.3) is 0 Å². The lowest BCUT2D eigenvalue weighted by Gasteiger charge is -2.57. The Balaban J connectivity index is 1.48. The summed E-state index contributed by atoms with van der Waals surface area (Å²) in [6.45, 7) is 2.05. The van der Waals surface area contributed by atoms with Gasteiger partial charge >= 0.3 is 0 Å². The summed E-state index contributed by atoms with van der Waals surface area (Å²) < 4.78 is 0. The van der Waals surface area contributed by atoms with Crippen LogP contribution in [0.3, 0.4) is 0 Å². The molecule has 1 N–H and O–H groups in total. The standard InChI is InChI=1S/C17H27NO2/c1-2-16(20)18-11-15(19)3-4-17-8-12-5-13(9-17)7-14(6-12)10-17/h12-14H,2-11H2,1H3,(H,18,20). The predicted molar refractivity (Wildman–Crippen MR) is 78.1 cm³/mol. The topological polar surface area (TPSA) is 46.2 Å². The zero-order chi connectivity index (χ0) is 14.2. The molecule has 0 radical (unpaired) electrons. The van der Waals surface area contributed by atoms with Crippen molar-refractivity contribution in [3.05, 3.63) is 0 Å². The first-order chi connectivity index (χ1) is 9.58. The fourth-order valence-electron chi connectivity index (χ4n) is 5.41. The summed E-state index contributed by atoms with van der Waals surface area (Å²) in [4.78, 5) is 23.1. The summed E-state index contributed by atoms with van der Waals surface area (Å²) in [6.07, 6.45) is 10.7. The second-order valence-electron chi connectivity index (χ2n) is 7.59. The number of rotatable bonds is 6. The van der Waals surface area contributed by atoms with Gasteiger partial charge in [-0.25, -0.2) is 0 Å². The van der Waals surface area contributed by atoms with Crippen molar-refractivity contribution >= 4 is 11.7 Å². The van der Waals surface area contributed by atoms with Crippen LogP contribution in [-0.4, -0.2) is 18.2 Å². The second-order valence-corrected chi connectivity index (χ2v) is 7.59. The number of carbonyl (C=O) groups excluding carboxylic acids is 2. The molecule has 0 heterocycles. The van der Waals surface area contributed by atoms with Crippen LogP contribution in [0.2, 0.25) is 0 Å². The van der Waals surface area contributed by atoms with Crippen LogP contribution >= 0.6 is 0 Å². The highest BCUT2D eigenvalue weighted by Gasteiger charge is 2.50. The first-order valence-electron chi connectivity index (χ1n) is 8.37. The van der Waals surface area contributed by atoms with E-state index in [2.05, 4.69) is 5.32 Å². The average molecular weight is 277 g/mol. The Bertz CT molecular complexity index is 367. The van der Waals surface area contributed by atoms with Gasteiger partial charge in [0.2, 0.25) is 5.91 Å². The minimum atomic E-state index is -0.0202. The number of nitrogens with one attached hydrogen (secondary N) is 1. The molecule has 112 valence electrons. The third kappa shape index (κ3) is 2.91. The van der Waals surface area contributed by atoms with Crippen molar-refractivity contribution in [1.29, 1.82) is 0 Å². The average Bonchev–Trinajstić information content (AvgIpc) is 2.41. The molecule has 4 fully saturated rings. The largest absolute Gasteiger partial charge is 0.349 e. The maximum atomic E-state index is 11.9. The van der Waals surface area contributed by atoms with E-state index in [-0.39, 0.29) is 18.2 Å². The molecule has 3 nitrogen and oxygen atoms in total. The van der Waals surface area contributed by atoms with E-state index in [1.165, 1.54) is 38.5 Å². The molecule has 0 aromatic rings. The quantitative estimate of drug-likeness (QED) is 0.811. The van der Waals surface area contributed by atoms with Crippen LogP contribution in [0, 0.1) is 23.2 Å². The fraction of sp³-hybridized carbons (Fsp3) is 0.882. The van der Waals surface area contributed by atoms with Gasteiger partial charge in [0, 0.05) is 12.8 Å². The summed E-state index contributed by atoms with van der Waals surface area (Å²) in [5.41, 5.74) is 0.485.